The molecule has 0 aromatic heterocycles. The van der Waals surface area contributed by atoms with E-state index in [-0.39, 0.29) is 0 Å². The normalized spacial score (nSPS) is 12.5. The van der Waals surface area contributed by atoms with Crippen LogP contribution in [-0.4, -0.2) is 27.4 Å². The molecule has 0 aliphatic carbocycles. The molecule has 1 aromatic carbocycles. The van der Waals surface area contributed by atoms with Gasteiger partial charge in [0.05, 0.1) is 13.7 Å². The van der Waals surface area contributed by atoms with E-state index in [2.05, 4.69) is 12.1 Å². The quantitative estimate of drug-likeness (QED) is 0.771. The van der Waals surface area contributed by atoms with Crippen molar-refractivity contribution in [2.75, 3.05) is 27.4 Å². The second-order valence-electron chi connectivity index (χ2n) is 3.61. The topological polar surface area (TPSA) is 44.5 Å². The number of hydrogen-bond donors (Lipinski definition) is 1. The van der Waals surface area contributed by atoms with Crippen LogP contribution in [0.4, 0.5) is 0 Å². The van der Waals surface area contributed by atoms with E-state index in [1.54, 1.807) is 14.2 Å². The Bertz CT molecular complexity index is 271. The van der Waals surface area contributed by atoms with Crippen LogP contribution >= 0.6 is 0 Å². The number of nitrogens with two attached hydrogens (primary N) is 1. The van der Waals surface area contributed by atoms with Crippen molar-refractivity contribution in [1.29, 1.82) is 0 Å². The minimum atomic E-state index is 0.392. The summed E-state index contributed by atoms with van der Waals surface area (Å²) in [6.45, 7) is 1.36. The molecule has 15 heavy (non-hydrogen) atoms. The lowest BCUT2D eigenvalue weighted by Crippen LogP contribution is -2.21. The van der Waals surface area contributed by atoms with Gasteiger partial charge in [-0.25, -0.2) is 0 Å². The predicted molar refractivity (Wildman–Crippen MR) is 61.1 cm³/mol. The van der Waals surface area contributed by atoms with E-state index in [0.29, 0.717) is 19.1 Å². The molecular formula is C12H19NO2. The Morgan fingerprint density at radius 3 is 2.33 bits per heavy atom. The number of hydrogen-bond acceptors (Lipinski definition) is 3. The lowest BCUT2D eigenvalue weighted by molar-refractivity contribution is 0.155. The van der Waals surface area contributed by atoms with Crippen molar-refractivity contribution < 1.29 is 9.47 Å². The number of rotatable bonds is 6. The van der Waals surface area contributed by atoms with Crippen LogP contribution < -0.4 is 10.5 Å². The minimum Gasteiger partial charge on any atom is -0.497 e. The van der Waals surface area contributed by atoms with Gasteiger partial charge in [0.2, 0.25) is 0 Å². The van der Waals surface area contributed by atoms with Gasteiger partial charge in [0.15, 0.2) is 0 Å². The molecule has 0 spiro atoms. The maximum Gasteiger partial charge on any atom is 0.118 e. The molecule has 0 saturated carbocycles. The average Bonchev–Trinajstić information content (AvgIpc) is 2.29. The van der Waals surface area contributed by atoms with Gasteiger partial charge in [-0.2, -0.15) is 0 Å². The first-order chi connectivity index (χ1) is 7.30. The number of benzene rings is 1. The van der Waals surface area contributed by atoms with Crippen molar-refractivity contribution >= 4 is 0 Å². The van der Waals surface area contributed by atoms with E-state index in [4.69, 9.17) is 15.2 Å². The fraction of sp³-hybridized carbons (Fsp3) is 0.500. The van der Waals surface area contributed by atoms with Crippen molar-refractivity contribution in [2.24, 2.45) is 11.7 Å². The monoisotopic (exact) mass is 209 g/mol. The van der Waals surface area contributed by atoms with Crippen molar-refractivity contribution in [3.63, 3.8) is 0 Å². The largest absolute Gasteiger partial charge is 0.497 e. The van der Waals surface area contributed by atoms with Gasteiger partial charge in [-0.05, 0) is 36.6 Å². The maximum atomic E-state index is 5.66. The molecule has 1 atom stereocenters. The van der Waals surface area contributed by atoms with Crippen LogP contribution in [0.15, 0.2) is 24.3 Å². The Labute approximate surface area is 91.2 Å². The van der Waals surface area contributed by atoms with E-state index in [1.807, 2.05) is 12.1 Å². The third kappa shape index (κ3) is 3.90. The first-order valence-electron chi connectivity index (χ1n) is 5.12. The third-order valence-corrected chi connectivity index (χ3v) is 2.42. The number of ether oxygens (including phenoxy) is 2. The van der Waals surface area contributed by atoms with Crippen molar-refractivity contribution in [1.82, 2.24) is 0 Å². The van der Waals surface area contributed by atoms with E-state index < -0.39 is 0 Å². The number of methoxy groups -OCH3 is 2. The van der Waals surface area contributed by atoms with Crippen LogP contribution in [0, 0.1) is 5.92 Å². The lowest BCUT2D eigenvalue weighted by atomic mass is 10.0. The Balaban J connectivity index is 2.55. The molecule has 1 aromatic rings. The van der Waals surface area contributed by atoms with Crippen molar-refractivity contribution in [3.8, 4) is 5.75 Å². The Morgan fingerprint density at radius 2 is 1.87 bits per heavy atom. The highest BCUT2D eigenvalue weighted by atomic mass is 16.5. The molecule has 0 heterocycles. The summed E-state index contributed by atoms with van der Waals surface area (Å²) in [4.78, 5) is 0. The summed E-state index contributed by atoms with van der Waals surface area (Å²) < 4.78 is 10.2. The van der Waals surface area contributed by atoms with Gasteiger partial charge < -0.3 is 15.2 Å². The molecule has 1 unspecified atom stereocenters. The van der Waals surface area contributed by atoms with Crippen LogP contribution in [0.25, 0.3) is 0 Å². The zero-order valence-corrected chi connectivity index (χ0v) is 9.40. The molecular weight excluding hydrogens is 190 g/mol. The molecule has 0 fully saturated rings. The molecule has 3 heteroatoms. The Hall–Kier alpha value is -1.06. The summed E-state index contributed by atoms with van der Waals surface area (Å²) >= 11 is 0. The molecule has 0 aliphatic heterocycles. The van der Waals surface area contributed by atoms with Gasteiger partial charge in [0, 0.05) is 7.11 Å². The fourth-order valence-electron chi connectivity index (χ4n) is 1.54. The van der Waals surface area contributed by atoms with Gasteiger partial charge in [-0.1, -0.05) is 12.1 Å². The molecule has 0 aliphatic rings. The molecule has 1 rings (SSSR count). The summed E-state index contributed by atoms with van der Waals surface area (Å²) in [6.07, 6.45) is 0.953. The molecule has 0 saturated heterocycles. The summed E-state index contributed by atoms with van der Waals surface area (Å²) in [7, 11) is 3.37. The summed E-state index contributed by atoms with van der Waals surface area (Å²) in [6, 6.07) is 8.07. The standard InChI is InChI=1S/C12H19NO2/c1-14-9-11(8-13)7-10-3-5-12(15-2)6-4-10/h3-6,11H,7-9,13H2,1-2H3. The van der Waals surface area contributed by atoms with Crippen LogP contribution in [0.1, 0.15) is 5.56 Å². The van der Waals surface area contributed by atoms with Crippen molar-refractivity contribution in [2.45, 2.75) is 6.42 Å². The van der Waals surface area contributed by atoms with Crippen molar-refractivity contribution in [3.05, 3.63) is 29.8 Å². The second-order valence-corrected chi connectivity index (χ2v) is 3.61. The third-order valence-electron chi connectivity index (χ3n) is 2.42. The second kappa shape index (κ2) is 6.43. The van der Waals surface area contributed by atoms with Crippen LogP contribution in [0.3, 0.4) is 0 Å². The highest BCUT2D eigenvalue weighted by Crippen LogP contribution is 2.14. The zero-order chi connectivity index (χ0) is 11.1. The molecule has 0 bridgehead atoms. The molecule has 0 radical (unpaired) electrons. The van der Waals surface area contributed by atoms with Gasteiger partial charge >= 0.3 is 0 Å². The highest BCUT2D eigenvalue weighted by molar-refractivity contribution is 5.27. The Morgan fingerprint density at radius 1 is 1.20 bits per heavy atom. The van der Waals surface area contributed by atoms with Gasteiger partial charge in [-0.3, -0.25) is 0 Å². The SMILES string of the molecule is COCC(CN)Cc1ccc(OC)cc1. The lowest BCUT2D eigenvalue weighted by Gasteiger charge is -2.13. The van der Waals surface area contributed by atoms with E-state index in [9.17, 15) is 0 Å². The average molecular weight is 209 g/mol. The van der Waals surface area contributed by atoms with Crippen LogP contribution in [-0.2, 0) is 11.2 Å². The first kappa shape index (κ1) is 12.0. The van der Waals surface area contributed by atoms with Gasteiger partial charge in [0.1, 0.15) is 5.75 Å². The minimum absolute atomic E-state index is 0.392. The Kier molecular flexibility index (Phi) is 5.15. The highest BCUT2D eigenvalue weighted by Gasteiger charge is 2.07. The molecule has 84 valence electrons. The molecule has 2 N–H and O–H groups in total. The smallest absolute Gasteiger partial charge is 0.118 e. The summed E-state index contributed by atoms with van der Waals surface area (Å²) in [5.74, 6) is 1.28. The van der Waals surface area contributed by atoms with E-state index in [0.717, 1.165) is 12.2 Å². The maximum absolute atomic E-state index is 5.66. The summed E-state index contributed by atoms with van der Waals surface area (Å²) in [5.41, 5.74) is 6.93. The van der Waals surface area contributed by atoms with E-state index in [1.165, 1.54) is 5.56 Å². The summed E-state index contributed by atoms with van der Waals surface area (Å²) in [5, 5.41) is 0. The first-order valence-corrected chi connectivity index (χ1v) is 5.12. The molecule has 3 nitrogen and oxygen atoms in total. The molecule has 0 amide bonds. The van der Waals surface area contributed by atoms with Gasteiger partial charge in [0.25, 0.3) is 0 Å². The van der Waals surface area contributed by atoms with Crippen LogP contribution in [0.5, 0.6) is 5.75 Å². The predicted octanol–water partition coefficient (Wildman–Crippen LogP) is 1.46. The zero-order valence-electron chi connectivity index (χ0n) is 9.40. The van der Waals surface area contributed by atoms with Gasteiger partial charge in [-0.15, -0.1) is 0 Å². The fourth-order valence-corrected chi connectivity index (χ4v) is 1.54. The van der Waals surface area contributed by atoms with E-state index >= 15 is 0 Å². The van der Waals surface area contributed by atoms with Crippen LogP contribution in [0.2, 0.25) is 0 Å².